The highest BCUT2D eigenvalue weighted by Crippen LogP contribution is 2.35. The monoisotopic (exact) mass is 606 g/mol. The Bertz CT molecular complexity index is 1640. The van der Waals surface area contributed by atoms with Gasteiger partial charge in [0.05, 0.1) is 30.0 Å². The molecule has 2 amide bonds. The van der Waals surface area contributed by atoms with Crippen LogP contribution in [0.1, 0.15) is 29.7 Å². The topological polar surface area (TPSA) is 119 Å². The number of halogens is 3. The van der Waals surface area contributed by atoms with E-state index in [-0.39, 0.29) is 13.6 Å². The second-order valence-electron chi connectivity index (χ2n) is 8.67. The maximum absolute atomic E-state index is 15.4. The van der Waals surface area contributed by atoms with E-state index in [1.54, 1.807) is 23.3 Å². The molecular formula is C25H21Cl2FN6O3S2. The van der Waals surface area contributed by atoms with E-state index in [0.29, 0.717) is 41.4 Å². The minimum absolute atomic E-state index is 0.0571. The average Bonchev–Trinajstić information content (AvgIpc) is 3.50. The lowest BCUT2D eigenvalue weighted by Gasteiger charge is -2.19. The number of fused-ring (bicyclic) bond motifs is 1. The zero-order chi connectivity index (χ0) is 27.6. The zero-order valence-corrected chi connectivity index (χ0v) is 23.3. The molecule has 1 aromatic carbocycles. The number of aromatic nitrogens is 4. The molecular weight excluding hydrogens is 586 g/mol. The molecule has 0 atom stereocenters. The maximum atomic E-state index is 15.4. The predicted molar refractivity (Wildman–Crippen MR) is 148 cm³/mol. The van der Waals surface area contributed by atoms with Gasteiger partial charge in [0, 0.05) is 29.1 Å². The van der Waals surface area contributed by atoms with Crippen LogP contribution >= 0.6 is 34.5 Å². The molecule has 0 saturated heterocycles. The van der Waals surface area contributed by atoms with Crippen LogP contribution in [0.15, 0.2) is 65.0 Å². The Balaban J connectivity index is 1.29. The smallest absolute Gasteiger partial charge is 0.329 e. The van der Waals surface area contributed by atoms with Gasteiger partial charge in [-0.3, -0.25) is 4.68 Å². The summed E-state index contributed by atoms with van der Waals surface area (Å²) in [5.74, 6) is 0.0215. The van der Waals surface area contributed by atoms with Gasteiger partial charge in [0.15, 0.2) is 5.82 Å². The van der Waals surface area contributed by atoms with Crippen molar-refractivity contribution in [1.29, 1.82) is 0 Å². The van der Waals surface area contributed by atoms with Gasteiger partial charge in [-0.05, 0) is 30.9 Å². The number of allylic oxidation sites excluding steroid dienone is 1. The van der Waals surface area contributed by atoms with Crippen molar-refractivity contribution in [2.45, 2.75) is 30.0 Å². The minimum atomic E-state index is -4.21. The van der Waals surface area contributed by atoms with Gasteiger partial charge in [0.2, 0.25) is 0 Å². The van der Waals surface area contributed by atoms with Crippen LogP contribution in [0.25, 0.3) is 17.0 Å². The summed E-state index contributed by atoms with van der Waals surface area (Å²) in [6, 6.07) is 9.66. The number of nitrogens with zero attached hydrogens (tertiary/aromatic N) is 4. The Labute approximate surface area is 237 Å². The first-order chi connectivity index (χ1) is 18.7. The van der Waals surface area contributed by atoms with Crippen molar-refractivity contribution in [1.82, 2.24) is 29.8 Å². The Morgan fingerprint density at radius 2 is 1.85 bits per heavy atom. The molecule has 1 aliphatic carbocycles. The largest absolute Gasteiger partial charge is 0.331 e. The number of carbonyl (C=O) groups excluding carboxylic acids is 1. The van der Waals surface area contributed by atoms with Crippen LogP contribution < -0.4 is 10.0 Å². The summed E-state index contributed by atoms with van der Waals surface area (Å²) in [6.45, 7) is -0.165. The fourth-order valence-corrected chi connectivity index (χ4v) is 7.00. The van der Waals surface area contributed by atoms with Crippen molar-refractivity contribution < 1.29 is 17.6 Å². The third-order valence-corrected chi connectivity index (χ3v) is 9.66. The van der Waals surface area contributed by atoms with Gasteiger partial charge in [-0.2, -0.15) is 5.10 Å². The lowest BCUT2D eigenvalue weighted by atomic mass is 9.92. The Kier molecular flexibility index (Phi) is 7.98. The predicted octanol–water partition coefficient (Wildman–Crippen LogP) is 5.46. The van der Waals surface area contributed by atoms with Crippen LogP contribution in [0.4, 0.5) is 9.18 Å². The van der Waals surface area contributed by atoms with E-state index in [4.69, 9.17) is 23.2 Å². The summed E-state index contributed by atoms with van der Waals surface area (Å²) in [5.41, 5.74) is 3.65. The van der Waals surface area contributed by atoms with E-state index >= 15 is 4.39 Å². The second-order valence-corrected chi connectivity index (χ2v) is 12.6. The van der Waals surface area contributed by atoms with E-state index in [0.717, 1.165) is 35.6 Å². The minimum Gasteiger partial charge on any atom is -0.331 e. The highest BCUT2D eigenvalue weighted by Gasteiger charge is 2.25. The molecule has 0 unspecified atom stereocenters. The molecule has 3 aromatic heterocycles. The van der Waals surface area contributed by atoms with Crippen LogP contribution in [-0.4, -0.2) is 40.7 Å². The first kappa shape index (κ1) is 27.3. The first-order valence-electron chi connectivity index (χ1n) is 11.8. The van der Waals surface area contributed by atoms with Crippen molar-refractivity contribution in [3.05, 3.63) is 87.0 Å². The molecule has 2 N–H and O–H groups in total. The van der Waals surface area contributed by atoms with Crippen molar-refractivity contribution >= 4 is 56.2 Å². The fraction of sp³-hybridized carbons (Fsp3) is 0.200. The van der Waals surface area contributed by atoms with Crippen LogP contribution in [0, 0.1) is 0 Å². The van der Waals surface area contributed by atoms with Gasteiger partial charge < -0.3 is 5.32 Å². The number of sulfonamides is 1. The van der Waals surface area contributed by atoms with Gasteiger partial charge in [-0.25, -0.2) is 32.3 Å². The number of thiophene rings is 1. The summed E-state index contributed by atoms with van der Waals surface area (Å²) in [7, 11) is -4.21. The van der Waals surface area contributed by atoms with Crippen LogP contribution in [0.3, 0.4) is 0 Å². The van der Waals surface area contributed by atoms with Gasteiger partial charge in [-0.1, -0.05) is 53.5 Å². The summed E-state index contributed by atoms with van der Waals surface area (Å²) in [4.78, 5) is 21.2. The van der Waals surface area contributed by atoms with E-state index < -0.39 is 28.4 Å². The lowest BCUT2D eigenvalue weighted by Crippen LogP contribution is -2.39. The van der Waals surface area contributed by atoms with E-state index in [2.05, 4.69) is 20.4 Å². The molecule has 0 bridgehead atoms. The molecule has 0 spiro atoms. The molecule has 14 heteroatoms. The standard InChI is InChI=1S/C25H21Cl2FN6O3S2/c26-19-9-21(38-23(19)27)39(36,37)33-25(35)31-13-20(28)18-8-4-7-17-12-32-34(22(17)18)14-15-10-29-24(30-11-15)16-5-2-1-3-6-16/h1-3,5-6,9-12H,4,7-8,13-14H2,(H2,31,33,35)/b20-18-. The summed E-state index contributed by atoms with van der Waals surface area (Å²) in [6.07, 6.45) is 7.05. The Morgan fingerprint density at radius 3 is 2.54 bits per heavy atom. The molecule has 5 rings (SSSR count). The summed E-state index contributed by atoms with van der Waals surface area (Å²) >= 11 is 12.3. The highest BCUT2D eigenvalue weighted by atomic mass is 35.5. The molecule has 1 aliphatic rings. The highest BCUT2D eigenvalue weighted by molar-refractivity contribution is 7.92. The summed E-state index contributed by atoms with van der Waals surface area (Å²) in [5, 5.41) is 6.78. The number of aryl methyl sites for hydroxylation is 1. The average molecular weight is 608 g/mol. The number of amides is 2. The Morgan fingerprint density at radius 1 is 1.10 bits per heavy atom. The van der Waals surface area contributed by atoms with Crippen LogP contribution in [0.2, 0.25) is 9.36 Å². The second kappa shape index (κ2) is 11.4. The third-order valence-electron chi connectivity index (χ3n) is 5.99. The molecule has 3 heterocycles. The molecule has 0 radical (unpaired) electrons. The number of urea groups is 1. The van der Waals surface area contributed by atoms with Crippen LogP contribution in [0.5, 0.6) is 0 Å². The molecule has 9 nitrogen and oxygen atoms in total. The Hall–Kier alpha value is -3.32. The number of benzene rings is 1. The van der Waals surface area contributed by atoms with E-state index in [9.17, 15) is 13.2 Å². The van der Waals surface area contributed by atoms with Crippen molar-refractivity contribution in [3.63, 3.8) is 0 Å². The fourth-order valence-electron chi connectivity index (χ4n) is 4.19. The molecule has 0 aliphatic heterocycles. The lowest BCUT2D eigenvalue weighted by molar-refractivity contribution is 0.246. The van der Waals surface area contributed by atoms with Gasteiger partial charge in [-0.15, -0.1) is 11.3 Å². The quantitative estimate of drug-likeness (QED) is 0.288. The SMILES string of the molecule is O=C(NC/C(F)=C1\CCCc2cnn(Cc3cnc(-c4ccccc4)nc3)c21)NS(=O)(=O)c1cc(Cl)c(Cl)s1. The number of carbonyl (C=O) groups is 1. The molecule has 4 aromatic rings. The first-order valence-corrected chi connectivity index (χ1v) is 14.8. The van der Waals surface area contributed by atoms with Crippen molar-refractivity contribution in [3.8, 4) is 11.4 Å². The number of hydrogen-bond donors (Lipinski definition) is 2. The number of hydrogen-bond acceptors (Lipinski definition) is 7. The number of rotatable bonds is 7. The zero-order valence-electron chi connectivity index (χ0n) is 20.2. The van der Waals surface area contributed by atoms with E-state index in [1.807, 2.05) is 35.1 Å². The molecule has 0 saturated carbocycles. The maximum Gasteiger partial charge on any atom is 0.329 e. The third kappa shape index (κ3) is 6.14. The van der Waals surface area contributed by atoms with Crippen LogP contribution in [-0.2, 0) is 23.0 Å². The van der Waals surface area contributed by atoms with Crippen molar-refractivity contribution in [2.24, 2.45) is 0 Å². The molecule has 0 fully saturated rings. The molecule has 39 heavy (non-hydrogen) atoms. The summed E-state index contributed by atoms with van der Waals surface area (Å²) < 4.78 is 43.5. The molecule has 202 valence electrons. The van der Waals surface area contributed by atoms with Gasteiger partial charge in [0.1, 0.15) is 14.4 Å². The van der Waals surface area contributed by atoms with Crippen molar-refractivity contribution in [2.75, 3.05) is 6.54 Å². The number of nitrogens with one attached hydrogen (secondary N) is 2. The van der Waals surface area contributed by atoms with E-state index in [1.165, 1.54) is 0 Å². The van der Waals surface area contributed by atoms with Gasteiger partial charge in [0.25, 0.3) is 10.0 Å². The van der Waals surface area contributed by atoms with Gasteiger partial charge >= 0.3 is 6.03 Å². The normalized spacial score (nSPS) is 14.5.